The van der Waals surface area contributed by atoms with Crippen LogP contribution in [0, 0.1) is 23.2 Å². The summed E-state index contributed by atoms with van der Waals surface area (Å²) in [6.07, 6.45) is 10.8. The van der Waals surface area contributed by atoms with E-state index in [4.69, 9.17) is 0 Å². The van der Waals surface area contributed by atoms with E-state index >= 15 is 0 Å². The SMILES string of the molecule is CC[C@]12CCC3=C4CCC(=O)CC4CC[C@H]3[C@@H]1CC[C@@H]2O. The lowest BCUT2D eigenvalue weighted by Crippen LogP contribution is -2.44. The molecule has 3 saturated carbocycles. The van der Waals surface area contributed by atoms with Crippen LogP contribution in [0.5, 0.6) is 0 Å². The lowest BCUT2D eigenvalue weighted by Gasteiger charge is -2.50. The Balaban J connectivity index is 1.69. The van der Waals surface area contributed by atoms with Crippen LogP contribution in [-0.2, 0) is 4.79 Å². The highest BCUT2D eigenvalue weighted by molar-refractivity contribution is 5.80. The van der Waals surface area contributed by atoms with Gasteiger partial charge in [0, 0.05) is 12.8 Å². The molecule has 2 nitrogen and oxygen atoms in total. The number of aliphatic hydroxyl groups is 1. The molecule has 21 heavy (non-hydrogen) atoms. The number of carbonyl (C=O) groups is 1. The molecule has 3 fully saturated rings. The first kappa shape index (κ1) is 14.0. The highest BCUT2D eigenvalue weighted by atomic mass is 16.3. The molecular weight excluding hydrogens is 260 g/mol. The Morgan fingerprint density at radius 2 is 1.95 bits per heavy atom. The van der Waals surface area contributed by atoms with Crippen LogP contribution >= 0.6 is 0 Å². The van der Waals surface area contributed by atoms with Crippen LogP contribution < -0.4 is 0 Å². The molecule has 0 heterocycles. The Morgan fingerprint density at radius 3 is 2.76 bits per heavy atom. The van der Waals surface area contributed by atoms with E-state index in [1.807, 2.05) is 0 Å². The second-order valence-electron chi connectivity index (χ2n) is 7.96. The van der Waals surface area contributed by atoms with Crippen molar-refractivity contribution in [2.45, 2.75) is 77.2 Å². The number of rotatable bonds is 1. The normalized spacial score (nSPS) is 46.1. The minimum Gasteiger partial charge on any atom is -0.393 e. The number of hydrogen-bond donors (Lipinski definition) is 1. The fourth-order valence-electron chi connectivity index (χ4n) is 6.42. The summed E-state index contributed by atoms with van der Waals surface area (Å²) in [5.41, 5.74) is 3.63. The van der Waals surface area contributed by atoms with Gasteiger partial charge < -0.3 is 5.11 Å². The van der Waals surface area contributed by atoms with Gasteiger partial charge in [0.25, 0.3) is 0 Å². The average molecular weight is 288 g/mol. The highest BCUT2D eigenvalue weighted by Crippen LogP contribution is 2.61. The molecule has 0 aromatic heterocycles. The Bertz CT molecular complexity index is 492. The molecule has 4 rings (SSSR count). The first-order chi connectivity index (χ1) is 10.2. The Labute approximate surface area is 128 Å². The van der Waals surface area contributed by atoms with Crippen LogP contribution in [0.15, 0.2) is 11.1 Å². The summed E-state index contributed by atoms with van der Waals surface area (Å²) in [6, 6.07) is 0. The Kier molecular flexibility index (Phi) is 3.29. The fraction of sp³-hybridized carbons (Fsp3) is 0.842. The fourth-order valence-corrected chi connectivity index (χ4v) is 6.42. The van der Waals surface area contributed by atoms with Crippen molar-refractivity contribution in [3.8, 4) is 0 Å². The number of Topliss-reactive ketones (excluding diaryl/α,β-unsaturated/α-hetero) is 1. The topological polar surface area (TPSA) is 37.3 Å². The first-order valence-electron chi connectivity index (χ1n) is 9.07. The molecule has 5 atom stereocenters. The van der Waals surface area contributed by atoms with Gasteiger partial charge in [-0.1, -0.05) is 18.1 Å². The van der Waals surface area contributed by atoms with Gasteiger partial charge in [0.15, 0.2) is 0 Å². The van der Waals surface area contributed by atoms with Gasteiger partial charge in [0.05, 0.1) is 6.10 Å². The van der Waals surface area contributed by atoms with Crippen molar-refractivity contribution in [3.63, 3.8) is 0 Å². The molecule has 0 saturated heterocycles. The number of ketones is 1. The number of hydrogen-bond acceptors (Lipinski definition) is 2. The molecule has 1 unspecified atom stereocenters. The zero-order chi connectivity index (χ0) is 14.6. The molecule has 4 aliphatic carbocycles. The van der Waals surface area contributed by atoms with Crippen molar-refractivity contribution in [2.75, 3.05) is 0 Å². The summed E-state index contributed by atoms with van der Waals surface area (Å²) >= 11 is 0. The van der Waals surface area contributed by atoms with Gasteiger partial charge in [0.2, 0.25) is 0 Å². The van der Waals surface area contributed by atoms with Crippen LogP contribution in [0.25, 0.3) is 0 Å². The van der Waals surface area contributed by atoms with Crippen molar-refractivity contribution in [1.82, 2.24) is 0 Å². The van der Waals surface area contributed by atoms with E-state index in [0.717, 1.165) is 38.0 Å². The van der Waals surface area contributed by atoms with Crippen molar-refractivity contribution >= 4 is 5.78 Å². The van der Waals surface area contributed by atoms with E-state index in [-0.39, 0.29) is 11.5 Å². The van der Waals surface area contributed by atoms with Gasteiger partial charge in [-0.05, 0) is 74.5 Å². The van der Waals surface area contributed by atoms with E-state index < -0.39 is 0 Å². The molecule has 4 aliphatic rings. The van der Waals surface area contributed by atoms with Crippen molar-refractivity contribution in [2.24, 2.45) is 23.2 Å². The standard InChI is InChI=1S/C19H28O2/c1-2-19-10-9-15-14-6-4-13(20)11-12(14)3-5-16(15)17(19)7-8-18(19)21/h12,16-18,21H,2-11H2,1H3/t12?,16-,17+,18+,19+/m1/s1. The quantitative estimate of drug-likeness (QED) is 0.740. The van der Waals surface area contributed by atoms with E-state index in [0.29, 0.717) is 17.6 Å². The lowest BCUT2D eigenvalue weighted by molar-refractivity contribution is -0.120. The van der Waals surface area contributed by atoms with Gasteiger partial charge >= 0.3 is 0 Å². The summed E-state index contributed by atoms with van der Waals surface area (Å²) < 4.78 is 0. The second kappa shape index (κ2) is 4.94. The predicted molar refractivity (Wildman–Crippen MR) is 82.8 cm³/mol. The smallest absolute Gasteiger partial charge is 0.133 e. The van der Waals surface area contributed by atoms with Crippen molar-refractivity contribution < 1.29 is 9.90 Å². The molecule has 0 bridgehead atoms. The summed E-state index contributed by atoms with van der Waals surface area (Å²) in [7, 11) is 0. The van der Waals surface area contributed by atoms with Gasteiger partial charge in [-0.3, -0.25) is 4.79 Å². The Hall–Kier alpha value is -0.630. The maximum Gasteiger partial charge on any atom is 0.133 e. The third-order valence-corrected chi connectivity index (χ3v) is 7.48. The minimum absolute atomic E-state index is 0.0651. The largest absolute Gasteiger partial charge is 0.393 e. The summed E-state index contributed by atoms with van der Waals surface area (Å²) in [5.74, 6) is 2.51. The number of allylic oxidation sites excluding steroid dienone is 2. The summed E-state index contributed by atoms with van der Waals surface area (Å²) in [5, 5.41) is 10.6. The molecule has 0 aromatic carbocycles. The van der Waals surface area contributed by atoms with Crippen molar-refractivity contribution in [3.05, 3.63) is 11.1 Å². The van der Waals surface area contributed by atoms with Gasteiger partial charge in [-0.15, -0.1) is 0 Å². The van der Waals surface area contributed by atoms with Crippen LogP contribution in [0.3, 0.4) is 0 Å². The molecule has 0 aliphatic heterocycles. The van der Waals surface area contributed by atoms with E-state index in [1.165, 1.54) is 32.1 Å². The molecule has 0 spiro atoms. The molecule has 116 valence electrons. The van der Waals surface area contributed by atoms with E-state index in [2.05, 4.69) is 6.92 Å². The zero-order valence-corrected chi connectivity index (χ0v) is 13.2. The average Bonchev–Trinajstić information content (AvgIpc) is 2.84. The summed E-state index contributed by atoms with van der Waals surface area (Å²) in [4.78, 5) is 11.7. The first-order valence-corrected chi connectivity index (χ1v) is 9.07. The molecule has 1 N–H and O–H groups in total. The van der Waals surface area contributed by atoms with Crippen molar-refractivity contribution in [1.29, 1.82) is 0 Å². The van der Waals surface area contributed by atoms with Gasteiger partial charge in [0.1, 0.15) is 5.78 Å². The molecule has 0 aromatic rings. The highest BCUT2D eigenvalue weighted by Gasteiger charge is 2.55. The van der Waals surface area contributed by atoms with Crippen LogP contribution in [0.1, 0.15) is 71.1 Å². The number of aliphatic hydroxyl groups excluding tert-OH is 1. The second-order valence-corrected chi connectivity index (χ2v) is 7.96. The molecule has 0 amide bonds. The monoisotopic (exact) mass is 288 g/mol. The van der Waals surface area contributed by atoms with Gasteiger partial charge in [-0.25, -0.2) is 0 Å². The zero-order valence-electron chi connectivity index (χ0n) is 13.2. The van der Waals surface area contributed by atoms with Crippen LogP contribution in [0.4, 0.5) is 0 Å². The Morgan fingerprint density at radius 1 is 1.10 bits per heavy atom. The lowest BCUT2D eigenvalue weighted by atomic mass is 9.55. The van der Waals surface area contributed by atoms with Crippen LogP contribution in [0.2, 0.25) is 0 Å². The molecule has 0 radical (unpaired) electrons. The maximum atomic E-state index is 11.7. The maximum absolute atomic E-state index is 11.7. The summed E-state index contributed by atoms with van der Waals surface area (Å²) in [6.45, 7) is 2.28. The predicted octanol–water partition coefficient (Wildman–Crippen LogP) is 4.02. The van der Waals surface area contributed by atoms with Gasteiger partial charge in [-0.2, -0.15) is 0 Å². The third-order valence-electron chi connectivity index (χ3n) is 7.48. The van der Waals surface area contributed by atoms with E-state index in [1.54, 1.807) is 11.1 Å². The minimum atomic E-state index is -0.0651. The number of carbonyl (C=O) groups excluding carboxylic acids is 1. The number of fused-ring (bicyclic) bond motifs is 4. The third kappa shape index (κ3) is 1.91. The molecule has 2 heteroatoms. The van der Waals surface area contributed by atoms with Crippen LogP contribution in [-0.4, -0.2) is 17.0 Å². The van der Waals surface area contributed by atoms with E-state index in [9.17, 15) is 9.90 Å². The molecular formula is C19H28O2.